The number of halogens is 3. The minimum Gasteiger partial charge on any atom is -0.377 e. The van der Waals surface area contributed by atoms with Gasteiger partial charge in [-0.1, -0.05) is 0 Å². The molecule has 0 bridgehead atoms. The third-order valence-corrected chi connectivity index (χ3v) is 1.46. The van der Waals surface area contributed by atoms with Crippen LogP contribution in [0.3, 0.4) is 0 Å². The molecular weight excluding hydrogens is 185 g/mol. The highest BCUT2D eigenvalue weighted by atomic mass is 19.4. The fourth-order valence-electron chi connectivity index (χ4n) is 0.878. The predicted molar refractivity (Wildman–Crippen MR) is 38.9 cm³/mol. The van der Waals surface area contributed by atoms with E-state index in [1.54, 1.807) is 6.92 Å². The van der Waals surface area contributed by atoms with Crippen molar-refractivity contribution < 1.29 is 17.9 Å². The van der Waals surface area contributed by atoms with E-state index < -0.39 is 11.9 Å². The molecule has 0 spiro atoms. The lowest BCUT2D eigenvalue weighted by Gasteiger charge is -2.06. The molecule has 1 aromatic heterocycles. The molecule has 0 unspecified atom stereocenters. The molecule has 1 aromatic rings. The van der Waals surface area contributed by atoms with Crippen LogP contribution in [0, 0.1) is 0 Å². The van der Waals surface area contributed by atoms with Gasteiger partial charge in [0.05, 0.1) is 12.8 Å². The fourth-order valence-corrected chi connectivity index (χ4v) is 0.878. The molecule has 1 heterocycles. The predicted octanol–water partition coefficient (Wildman–Crippen LogP) is 1.96. The van der Waals surface area contributed by atoms with Crippen LogP contribution in [0.15, 0.2) is 6.20 Å². The van der Waals surface area contributed by atoms with Gasteiger partial charge in [0.1, 0.15) is 5.69 Å². The highest BCUT2D eigenvalue weighted by Crippen LogP contribution is 2.30. The molecule has 74 valence electrons. The molecule has 0 saturated carbocycles. The Morgan fingerprint density at radius 3 is 2.77 bits per heavy atom. The fraction of sp³-hybridized carbons (Fsp3) is 0.571. The van der Waals surface area contributed by atoms with E-state index in [0.717, 1.165) is 6.20 Å². The molecule has 1 N–H and O–H groups in total. The summed E-state index contributed by atoms with van der Waals surface area (Å²) in [6.07, 6.45) is -3.26. The largest absolute Gasteiger partial charge is 0.433 e. The number of nitrogens with one attached hydrogen (secondary N) is 1. The van der Waals surface area contributed by atoms with Crippen molar-refractivity contribution in [3.63, 3.8) is 0 Å². The van der Waals surface area contributed by atoms with Gasteiger partial charge in [0.15, 0.2) is 0 Å². The van der Waals surface area contributed by atoms with Gasteiger partial charge in [-0.3, -0.25) is 5.10 Å². The van der Waals surface area contributed by atoms with Crippen LogP contribution in [0.4, 0.5) is 13.2 Å². The van der Waals surface area contributed by atoms with Crippen molar-refractivity contribution in [2.75, 3.05) is 6.61 Å². The van der Waals surface area contributed by atoms with Crippen molar-refractivity contribution in [3.8, 4) is 0 Å². The van der Waals surface area contributed by atoms with Crippen molar-refractivity contribution in [2.24, 2.45) is 0 Å². The monoisotopic (exact) mass is 194 g/mol. The summed E-state index contributed by atoms with van der Waals surface area (Å²) in [6.45, 7) is 2.03. The number of H-pyrrole nitrogens is 1. The Morgan fingerprint density at radius 2 is 2.23 bits per heavy atom. The smallest absolute Gasteiger partial charge is 0.377 e. The van der Waals surface area contributed by atoms with E-state index >= 15 is 0 Å². The van der Waals surface area contributed by atoms with Crippen molar-refractivity contribution >= 4 is 0 Å². The lowest BCUT2D eigenvalue weighted by atomic mass is 10.2. The standard InChI is InChI=1S/C7H9F3N2O/c1-2-13-4-5-3-11-12-6(5)7(8,9)10/h3H,2,4H2,1H3,(H,11,12). The maximum absolute atomic E-state index is 12.2. The van der Waals surface area contributed by atoms with Gasteiger partial charge in [-0.2, -0.15) is 18.3 Å². The summed E-state index contributed by atoms with van der Waals surface area (Å²) in [4.78, 5) is 0. The Kier molecular flexibility index (Phi) is 2.92. The number of hydrogen-bond acceptors (Lipinski definition) is 2. The molecule has 3 nitrogen and oxygen atoms in total. The molecule has 0 aromatic carbocycles. The number of aromatic amines is 1. The summed E-state index contributed by atoms with van der Waals surface area (Å²) in [5.74, 6) is 0. The summed E-state index contributed by atoms with van der Waals surface area (Å²) in [5.41, 5.74) is -0.796. The highest BCUT2D eigenvalue weighted by Gasteiger charge is 2.35. The second-order valence-corrected chi connectivity index (χ2v) is 2.41. The number of nitrogens with zero attached hydrogens (tertiary/aromatic N) is 1. The van der Waals surface area contributed by atoms with E-state index in [0.29, 0.717) is 6.61 Å². The molecule has 0 saturated heterocycles. The molecule has 6 heteroatoms. The molecule has 1 rings (SSSR count). The van der Waals surface area contributed by atoms with Crippen LogP contribution in [-0.2, 0) is 17.5 Å². The van der Waals surface area contributed by atoms with Gasteiger partial charge in [-0.25, -0.2) is 0 Å². The average molecular weight is 194 g/mol. The van der Waals surface area contributed by atoms with Crippen LogP contribution in [0.2, 0.25) is 0 Å². The van der Waals surface area contributed by atoms with Gasteiger partial charge in [-0.15, -0.1) is 0 Å². The zero-order valence-corrected chi connectivity index (χ0v) is 6.98. The summed E-state index contributed by atoms with van der Waals surface area (Å²) >= 11 is 0. The van der Waals surface area contributed by atoms with Crippen molar-refractivity contribution in [2.45, 2.75) is 19.7 Å². The first-order chi connectivity index (χ1) is 6.05. The second kappa shape index (κ2) is 3.78. The SMILES string of the molecule is CCOCc1cn[nH]c1C(F)(F)F. The molecule has 0 amide bonds. The van der Waals surface area contributed by atoms with Crippen LogP contribution in [0.5, 0.6) is 0 Å². The quantitative estimate of drug-likeness (QED) is 0.798. The van der Waals surface area contributed by atoms with E-state index in [9.17, 15) is 13.2 Å². The molecule has 13 heavy (non-hydrogen) atoms. The van der Waals surface area contributed by atoms with Gasteiger partial charge in [0.25, 0.3) is 0 Å². The van der Waals surface area contributed by atoms with Gasteiger partial charge in [0, 0.05) is 12.2 Å². The maximum atomic E-state index is 12.2. The first-order valence-corrected chi connectivity index (χ1v) is 3.73. The topological polar surface area (TPSA) is 37.9 Å². The van der Waals surface area contributed by atoms with Gasteiger partial charge >= 0.3 is 6.18 Å². The van der Waals surface area contributed by atoms with Crippen molar-refractivity contribution in [1.82, 2.24) is 10.2 Å². The van der Waals surface area contributed by atoms with E-state index in [1.807, 2.05) is 5.10 Å². The zero-order valence-electron chi connectivity index (χ0n) is 6.98. The average Bonchev–Trinajstić information content (AvgIpc) is 2.47. The Hall–Kier alpha value is -1.04. The zero-order chi connectivity index (χ0) is 9.90. The van der Waals surface area contributed by atoms with Gasteiger partial charge < -0.3 is 4.74 Å². The number of aromatic nitrogens is 2. The first kappa shape index (κ1) is 10.0. The van der Waals surface area contributed by atoms with Crippen LogP contribution in [0.1, 0.15) is 18.2 Å². The normalized spacial score (nSPS) is 12.0. The third kappa shape index (κ3) is 2.45. The molecule has 0 aliphatic rings. The van der Waals surface area contributed by atoms with Crippen molar-refractivity contribution in [3.05, 3.63) is 17.5 Å². The molecular formula is C7H9F3N2O. The van der Waals surface area contributed by atoms with Crippen LogP contribution in [0.25, 0.3) is 0 Å². The number of ether oxygens (including phenoxy) is 1. The Balaban J connectivity index is 2.77. The minimum absolute atomic E-state index is 0.0364. The van der Waals surface area contributed by atoms with Gasteiger partial charge in [-0.05, 0) is 6.92 Å². The molecule has 0 atom stereocenters. The van der Waals surface area contributed by atoms with Gasteiger partial charge in [0.2, 0.25) is 0 Å². The second-order valence-electron chi connectivity index (χ2n) is 2.41. The van der Waals surface area contributed by atoms with E-state index in [-0.39, 0.29) is 12.2 Å². The van der Waals surface area contributed by atoms with Crippen LogP contribution >= 0.6 is 0 Å². The minimum atomic E-state index is -4.39. The maximum Gasteiger partial charge on any atom is 0.433 e. The molecule has 0 radical (unpaired) electrons. The molecule has 0 fully saturated rings. The first-order valence-electron chi connectivity index (χ1n) is 3.73. The molecule has 0 aliphatic heterocycles. The number of alkyl halides is 3. The lowest BCUT2D eigenvalue weighted by Crippen LogP contribution is -2.09. The summed E-state index contributed by atoms with van der Waals surface area (Å²) in [5, 5.41) is 5.22. The van der Waals surface area contributed by atoms with E-state index in [1.165, 1.54) is 0 Å². The van der Waals surface area contributed by atoms with Crippen LogP contribution in [-0.4, -0.2) is 16.8 Å². The Labute approximate surface area is 72.9 Å². The molecule has 0 aliphatic carbocycles. The number of hydrogen-bond donors (Lipinski definition) is 1. The van der Waals surface area contributed by atoms with E-state index in [4.69, 9.17) is 4.74 Å². The third-order valence-electron chi connectivity index (χ3n) is 1.46. The summed E-state index contributed by atoms with van der Waals surface area (Å²) < 4.78 is 41.4. The van der Waals surface area contributed by atoms with E-state index in [2.05, 4.69) is 5.10 Å². The van der Waals surface area contributed by atoms with Crippen LogP contribution < -0.4 is 0 Å². The lowest BCUT2D eigenvalue weighted by molar-refractivity contribution is -0.142. The van der Waals surface area contributed by atoms with Crippen molar-refractivity contribution in [1.29, 1.82) is 0 Å². The summed E-state index contributed by atoms with van der Waals surface area (Å²) in [6, 6.07) is 0. The number of rotatable bonds is 3. The highest BCUT2D eigenvalue weighted by molar-refractivity contribution is 5.18. The Bertz CT molecular complexity index is 269. The Morgan fingerprint density at radius 1 is 1.54 bits per heavy atom. The summed E-state index contributed by atoms with van der Waals surface area (Å²) in [7, 11) is 0.